The molecule has 0 saturated carbocycles. The van der Waals surface area contributed by atoms with Gasteiger partial charge in [-0.1, -0.05) is 6.92 Å². The second-order valence-electron chi connectivity index (χ2n) is 3.55. The molecule has 0 N–H and O–H groups in total. The van der Waals surface area contributed by atoms with Crippen LogP contribution in [0.2, 0.25) is 0 Å². The summed E-state index contributed by atoms with van der Waals surface area (Å²) < 4.78 is 0. The molecule has 20 heavy (non-hydrogen) atoms. The van der Waals surface area contributed by atoms with Gasteiger partial charge in [-0.2, -0.15) is 48.6 Å². The maximum absolute atomic E-state index is 3.12. The molecule has 0 fully saturated rings. The van der Waals surface area contributed by atoms with Gasteiger partial charge in [0.1, 0.15) is 0 Å². The molecule has 0 amide bonds. The van der Waals surface area contributed by atoms with E-state index in [-0.39, 0.29) is 7.43 Å². The van der Waals surface area contributed by atoms with Gasteiger partial charge >= 0.3 is 30.2 Å². The van der Waals surface area contributed by atoms with E-state index in [9.17, 15) is 0 Å². The molecular weight excluding hydrogens is 336 g/mol. The normalized spacial score (nSPS) is 12.5. The van der Waals surface area contributed by atoms with Crippen molar-refractivity contribution in [3.05, 3.63) is 91.9 Å². The third-order valence-corrected chi connectivity index (χ3v) is 2.06. The Balaban J connectivity index is 0. The van der Waals surface area contributed by atoms with Gasteiger partial charge in [-0.3, -0.25) is 12.2 Å². The maximum atomic E-state index is 3.12. The standard InChI is InChI=1S/C6H7.C6H5.C5H5.CH3.Si.Zr/c1-6-4-2-3-5-6;1-2-4-6-5-3-1;1-2-4-5-3-1;;;/h2,4H,3H2,1H3;1-5H;1-3H,4H2;1H3;;/q4*-1;;. The van der Waals surface area contributed by atoms with Gasteiger partial charge in [0.25, 0.3) is 0 Å². The Morgan fingerprint density at radius 3 is 1.90 bits per heavy atom. The number of hydrogen-bond acceptors (Lipinski definition) is 0. The Hall–Kier alpha value is -0.720. The van der Waals surface area contributed by atoms with E-state index in [1.54, 1.807) is 0 Å². The predicted octanol–water partition coefficient (Wildman–Crippen LogP) is 4.56. The second-order valence-corrected chi connectivity index (χ2v) is 3.55. The summed E-state index contributed by atoms with van der Waals surface area (Å²) in [6.07, 6.45) is 18.3. The van der Waals surface area contributed by atoms with Gasteiger partial charge in [-0.25, -0.2) is 23.8 Å². The average Bonchev–Trinajstić information content (AvgIpc) is 3.19. The monoisotopic (exact) mass is 354 g/mol. The third-order valence-electron chi connectivity index (χ3n) is 2.06. The van der Waals surface area contributed by atoms with Crippen LogP contribution in [0, 0.1) is 25.6 Å². The maximum Gasteiger partial charge on any atom is -0.171 e. The molecule has 0 spiro atoms. The summed E-state index contributed by atoms with van der Waals surface area (Å²) >= 11 is 1.36. The molecule has 1 aromatic carbocycles. The van der Waals surface area contributed by atoms with Crippen LogP contribution in [0.1, 0.15) is 19.8 Å². The Morgan fingerprint density at radius 1 is 1.05 bits per heavy atom. The summed E-state index contributed by atoms with van der Waals surface area (Å²) in [6.45, 7) is 5.12. The molecule has 2 heteroatoms. The molecule has 0 heterocycles. The van der Waals surface area contributed by atoms with E-state index in [2.05, 4.69) is 50.2 Å². The van der Waals surface area contributed by atoms with E-state index >= 15 is 0 Å². The van der Waals surface area contributed by atoms with Crippen molar-refractivity contribution in [3.63, 3.8) is 0 Å². The van der Waals surface area contributed by atoms with Crippen LogP contribution in [-0.4, -0.2) is 6.88 Å². The third kappa shape index (κ3) is 15.3. The van der Waals surface area contributed by atoms with Crippen molar-refractivity contribution < 1.29 is 23.3 Å². The molecule has 0 atom stereocenters. The predicted molar refractivity (Wildman–Crippen MR) is 85.2 cm³/mol. The zero-order valence-corrected chi connectivity index (χ0v) is 15.6. The van der Waals surface area contributed by atoms with Crippen LogP contribution in [-0.2, 0) is 23.3 Å². The van der Waals surface area contributed by atoms with Crippen molar-refractivity contribution in [3.8, 4) is 0 Å². The second kappa shape index (κ2) is 18.3. The van der Waals surface area contributed by atoms with Crippen molar-refractivity contribution in [1.29, 1.82) is 0 Å². The summed E-state index contributed by atoms with van der Waals surface area (Å²) in [6, 6.07) is 12.5. The summed E-state index contributed by atoms with van der Waals surface area (Å²) in [4.78, 5) is 0. The smallest absolute Gasteiger partial charge is 0.171 e. The van der Waals surface area contributed by atoms with Crippen molar-refractivity contribution in [2.24, 2.45) is 0 Å². The molecule has 0 aliphatic heterocycles. The molecule has 3 rings (SSSR count). The molecule has 104 valence electrons. The minimum atomic E-state index is 0. The van der Waals surface area contributed by atoms with Crippen LogP contribution in [0.3, 0.4) is 0 Å². The van der Waals surface area contributed by atoms with Crippen molar-refractivity contribution in [2.75, 3.05) is 0 Å². The summed E-state index contributed by atoms with van der Waals surface area (Å²) in [5.41, 5.74) is 1.27. The van der Waals surface area contributed by atoms with Crippen molar-refractivity contribution >= 4 is 6.88 Å². The largest absolute Gasteiger partial charge is 0.184 e. The quantitative estimate of drug-likeness (QED) is 0.473. The number of benzene rings is 1. The van der Waals surface area contributed by atoms with Crippen LogP contribution in [0.15, 0.2) is 66.3 Å². The van der Waals surface area contributed by atoms with Gasteiger partial charge in [0.2, 0.25) is 0 Å². The van der Waals surface area contributed by atoms with E-state index in [0.717, 1.165) is 12.8 Å². The van der Waals surface area contributed by atoms with E-state index in [0.29, 0.717) is 0 Å². The number of hydrogen-bond donors (Lipinski definition) is 0. The minimum Gasteiger partial charge on any atom is -0.184 e. The van der Waals surface area contributed by atoms with Gasteiger partial charge in [0, 0.05) is 0 Å². The van der Waals surface area contributed by atoms with Gasteiger partial charge < -0.3 is 7.43 Å². The van der Waals surface area contributed by atoms with Gasteiger partial charge in [-0.15, -0.1) is 12.8 Å². The first-order valence-electron chi connectivity index (χ1n) is 6.01. The molecule has 2 aliphatic carbocycles. The number of allylic oxidation sites excluding steroid dienone is 8. The first kappa shape index (κ1) is 21.6. The van der Waals surface area contributed by atoms with Crippen LogP contribution in [0.4, 0.5) is 0 Å². The van der Waals surface area contributed by atoms with Crippen molar-refractivity contribution in [2.45, 2.75) is 19.8 Å². The fraction of sp³-hybridized carbons (Fsp3) is 0.167. The van der Waals surface area contributed by atoms with E-state index < -0.39 is 0 Å². The summed E-state index contributed by atoms with van der Waals surface area (Å²) in [5.74, 6) is 0. The SMILES string of the molecule is CC1=[C-]CC=C1.[C-]1=CC=CC1.[CH3-].[Si]=[Zr].[c-]1ccccc1. The molecule has 0 aromatic heterocycles. The fourth-order valence-electron chi connectivity index (χ4n) is 1.20. The zero-order valence-electron chi connectivity index (χ0n) is 12.2. The molecule has 0 saturated heterocycles. The Bertz CT molecular complexity index is 377. The Morgan fingerprint density at radius 2 is 1.75 bits per heavy atom. The van der Waals surface area contributed by atoms with E-state index in [1.165, 1.54) is 28.9 Å². The van der Waals surface area contributed by atoms with Gasteiger partial charge in [0.05, 0.1) is 0 Å². The Kier molecular flexibility index (Phi) is 19.7. The van der Waals surface area contributed by atoms with Crippen LogP contribution < -0.4 is 0 Å². The average molecular weight is 356 g/mol. The molecule has 2 aliphatic rings. The summed E-state index contributed by atoms with van der Waals surface area (Å²) in [5, 5.41) is 0. The van der Waals surface area contributed by atoms with Gasteiger partial charge in [-0.05, 0) is 0 Å². The van der Waals surface area contributed by atoms with E-state index in [1.807, 2.05) is 42.5 Å². The topological polar surface area (TPSA) is 0 Å². The van der Waals surface area contributed by atoms with Crippen molar-refractivity contribution in [1.82, 2.24) is 0 Å². The molecule has 0 nitrogen and oxygen atoms in total. The summed E-state index contributed by atoms with van der Waals surface area (Å²) in [7, 11) is 0. The molecule has 0 bridgehead atoms. The molecule has 2 radical (unpaired) electrons. The van der Waals surface area contributed by atoms with E-state index in [4.69, 9.17) is 0 Å². The number of rotatable bonds is 0. The first-order valence-corrected chi connectivity index (χ1v) is 10.2. The van der Waals surface area contributed by atoms with Crippen LogP contribution >= 0.6 is 0 Å². The first-order chi connectivity index (χ1) is 9.39. The molecule has 1 aromatic rings. The zero-order chi connectivity index (χ0) is 14.2. The molecular formula is C18H20SiZr-4. The fourth-order valence-corrected chi connectivity index (χ4v) is 1.20. The van der Waals surface area contributed by atoms with Crippen LogP contribution in [0.25, 0.3) is 0 Å². The van der Waals surface area contributed by atoms with Crippen LogP contribution in [0.5, 0.6) is 0 Å². The van der Waals surface area contributed by atoms with Gasteiger partial charge in [0.15, 0.2) is 0 Å². The minimum absolute atomic E-state index is 0. The Labute approximate surface area is 141 Å². The molecule has 0 unspecified atom stereocenters.